The van der Waals surface area contributed by atoms with Crippen LogP contribution in [-0.2, 0) is 26.5 Å². The molecule has 1 aliphatic heterocycles. The number of hydrogen-bond acceptors (Lipinski definition) is 4. The van der Waals surface area contributed by atoms with Gasteiger partial charge in [0.1, 0.15) is 5.65 Å². The number of anilines is 4. The molecule has 9 rings (SSSR count). The maximum absolute atomic E-state index is 6.46. The van der Waals surface area contributed by atoms with E-state index >= 15 is 0 Å². The van der Waals surface area contributed by atoms with Crippen LogP contribution in [0.2, 0.25) is 0 Å². The quantitative estimate of drug-likeness (QED) is 0.156. The molecule has 0 saturated heterocycles. The molecule has 52 heavy (non-hydrogen) atoms. The Bertz CT molecular complexity index is 2500. The summed E-state index contributed by atoms with van der Waals surface area (Å²) in [6.45, 7) is 8.95. The van der Waals surface area contributed by atoms with Gasteiger partial charge in [-0.1, -0.05) is 93.2 Å². The van der Waals surface area contributed by atoms with Crippen LogP contribution in [0.15, 0.2) is 152 Å². The molecule has 0 fully saturated rings. The van der Waals surface area contributed by atoms with Crippen LogP contribution in [0.25, 0.3) is 38.8 Å². The van der Waals surface area contributed by atoms with Crippen molar-refractivity contribution in [2.45, 2.75) is 26.2 Å². The van der Waals surface area contributed by atoms with Crippen LogP contribution in [0.4, 0.5) is 22.7 Å². The molecule has 0 bridgehead atoms. The molecule has 8 aromatic rings. The van der Waals surface area contributed by atoms with Crippen molar-refractivity contribution in [3.8, 4) is 28.3 Å². The summed E-state index contributed by atoms with van der Waals surface area (Å²) in [5.41, 5.74) is 10.6. The number of benzene rings is 6. The Labute approximate surface area is 319 Å². The molecule has 0 N–H and O–H groups in total. The third kappa shape index (κ3) is 6.05. The Morgan fingerprint density at radius 1 is 0.596 bits per heavy atom. The van der Waals surface area contributed by atoms with Gasteiger partial charge in [-0.2, -0.15) is 12.1 Å². The topological polar surface area (TPSA) is 33.5 Å². The van der Waals surface area contributed by atoms with Crippen LogP contribution in [0, 0.1) is 18.8 Å². The zero-order chi connectivity index (χ0) is 34.5. The molecule has 0 amide bonds. The second-order valence-corrected chi connectivity index (χ2v) is 13.9. The zero-order valence-corrected chi connectivity index (χ0v) is 31.3. The van der Waals surface area contributed by atoms with Gasteiger partial charge in [0.05, 0.1) is 5.52 Å². The van der Waals surface area contributed by atoms with E-state index in [2.05, 4.69) is 163 Å². The zero-order valence-electron chi connectivity index (χ0n) is 29.0. The van der Waals surface area contributed by atoms with Gasteiger partial charge in [0, 0.05) is 66.6 Å². The second kappa shape index (κ2) is 13.5. The summed E-state index contributed by atoms with van der Waals surface area (Å²) in [5, 5.41) is 2.26. The van der Waals surface area contributed by atoms with Gasteiger partial charge >= 0.3 is 0 Å². The molecule has 0 saturated carbocycles. The van der Waals surface area contributed by atoms with Crippen LogP contribution in [0.1, 0.15) is 26.3 Å². The second-order valence-electron chi connectivity index (χ2n) is 13.9. The van der Waals surface area contributed by atoms with Gasteiger partial charge in [0.15, 0.2) is 0 Å². The third-order valence-electron chi connectivity index (χ3n) is 9.46. The standard InChI is InChI=1S/C46H35N4O.Pt/c1-46(2,3)34-26-33(32-14-5-4-6-15-32)27-37(28-34)49-31-48(43-23-9-10-24-44(43)49)35-16-11-18-38(29-35)51-39-19-12-17-36(30-39)50-42-22-8-7-20-40(42)41-21-13-25-47-45(41)50;/h4-28,31H,1-3H3;/q-3;. The van der Waals surface area contributed by atoms with Crippen molar-refractivity contribution >= 4 is 44.7 Å². The molecule has 6 heteroatoms. The van der Waals surface area contributed by atoms with Crippen LogP contribution >= 0.6 is 0 Å². The van der Waals surface area contributed by atoms with E-state index in [1.54, 1.807) is 0 Å². The normalized spacial score (nSPS) is 12.6. The Morgan fingerprint density at radius 2 is 1.25 bits per heavy atom. The number of fused-ring (bicyclic) bond motifs is 4. The van der Waals surface area contributed by atoms with Crippen LogP contribution in [0.3, 0.4) is 0 Å². The minimum Gasteiger partial charge on any atom is -0.509 e. The summed E-state index contributed by atoms with van der Waals surface area (Å²) in [6.07, 6.45) is 1.83. The largest absolute Gasteiger partial charge is 0.509 e. The van der Waals surface area contributed by atoms with E-state index in [0.29, 0.717) is 11.5 Å². The van der Waals surface area contributed by atoms with E-state index in [9.17, 15) is 0 Å². The molecule has 1 aliphatic rings. The van der Waals surface area contributed by atoms with Crippen molar-refractivity contribution in [1.82, 2.24) is 9.55 Å². The first-order valence-corrected chi connectivity index (χ1v) is 17.2. The Balaban J connectivity index is 0.00000387. The molecule has 0 spiro atoms. The number of aromatic nitrogens is 2. The van der Waals surface area contributed by atoms with E-state index in [1.807, 2.05) is 42.6 Å². The third-order valence-corrected chi connectivity index (χ3v) is 9.46. The molecule has 2 aromatic heterocycles. The molecule has 0 radical (unpaired) electrons. The minimum atomic E-state index is -0.0235. The number of hydrogen-bond donors (Lipinski definition) is 0. The molecule has 3 heterocycles. The molecule has 0 aliphatic carbocycles. The Morgan fingerprint density at radius 3 is 2.02 bits per heavy atom. The summed E-state index contributed by atoms with van der Waals surface area (Å²) in [5.74, 6) is 1.20. The SMILES string of the molecule is CC(C)(C)c1cc(-c2ccccc2)cc(N2[CH-]N(c3[c-]c(Oc4[c-]c(-n5c6ccccc6c6cccnc65)ccc4)ccc3)c3ccccc32)c1.[Pt]. The summed E-state index contributed by atoms with van der Waals surface area (Å²) in [6, 6.07) is 57.4. The van der Waals surface area contributed by atoms with E-state index in [-0.39, 0.29) is 26.5 Å². The van der Waals surface area contributed by atoms with Crippen LogP contribution in [-0.4, -0.2) is 9.55 Å². The number of nitrogens with zero attached hydrogens (tertiary/aromatic N) is 4. The Hall–Kier alpha value is -5.64. The first kappa shape index (κ1) is 33.5. The van der Waals surface area contributed by atoms with E-state index in [0.717, 1.165) is 50.4 Å². The number of rotatable bonds is 6. The predicted octanol–water partition coefficient (Wildman–Crippen LogP) is 11.9. The maximum Gasteiger partial charge on any atom is 0.143 e. The first-order chi connectivity index (χ1) is 24.9. The van der Waals surface area contributed by atoms with Crippen molar-refractivity contribution in [2.24, 2.45) is 0 Å². The Kier molecular flexibility index (Phi) is 8.69. The maximum atomic E-state index is 6.46. The van der Waals surface area contributed by atoms with Gasteiger partial charge in [-0.05, 0) is 64.6 Å². The van der Waals surface area contributed by atoms with Crippen molar-refractivity contribution in [1.29, 1.82) is 0 Å². The van der Waals surface area contributed by atoms with Gasteiger partial charge < -0.3 is 19.1 Å². The molecular weight excluding hydrogens is 820 g/mol. The van der Waals surface area contributed by atoms with Crippen molar-refractivity contribution in [2.75, 3.05) is 9.80 Å². The first-order valence-electron chi connectivity index (χ1n) is 17.2. The molecular formula is C46H35N4OPt-3. The smallest absolute Gasteiger partial charge is 0.143 e. The molecule has 5 nitrogen and oxygen atoms in total. The summed E-state index contributed by atoms with van der Waals surface area (Å²) < 4.78 is 8.60. The monoisotopic (exact) mass is 854 g/mol. The average Bonchev–Trinajstić information content (AvgIpc) is 3.72. The average molecular weight is 855 g/mol. The van der Waals surface area contributed by atoms with E-state index < -0.39 is 0 Å². The molecule has 0 atom stereocenters. The fraction of sp³-hybridized carbons (Fsp3) is 0.0870. The predicted molar refractivity (Wildman–Crippen MR) is 208 cm³/mol. The number of ether oxygens (including phenoxy) is 1. The van der Waals surface area contributed by atoms with Crippen LogP contribution < -0.4 is 14.5 Å². The fourth-order valence-corrected chi connectivity index (χ4v) is 6.91. The van der Waals surface area contributed by atoms with E-state index in [1.165, 1.54) is 16.7 Å². The van der Waals surface area contributed by atoms with Gasteiger partial charge in [-0.15, -0.1) is 48.8 Å². The van der Waals surface area contributed by atoms with Gasteiger partial charge in [-0.3, -0.25) is 0 Å². The summed E-state index contributed by atoms with van der Waals surface area (Å²) >= 11 is 0. The van der Waals surface area contributed by atoms with Gasteiger partial charge in [-0.25, -0.2) is 4.98 Å². The fourth-order valence-electron chi connectivity index (χ4n) is 6.91. The summed E-state index contributed by atoms with van der Waals surface area (Å²) in [7, 11) is 0. The molecule has 258 valence electrons. The number of para-hydroxylation sites is 3. The number of pyridine rings is 1. The van der Waals surface area contributed by atoms with Crippen molar-refractivity contribution in [3.05, 3.63) is 176 Å². The van der Waals surface area contributed by atoms with E-state index in [4.69, 9.17) is 9.72 Å². The molecule has 0 unspecified atom stereocenters. The van der Waals surface area contributed by atoms with Gasteiger partial charge in [0.2, 0.25) is 0 Å². The minimum absolute atomic E-state index is 0. The van der Waals surface area contributed by atoms with Crippen molar-refractivity contribution < 1.29 is 25.8 Å². The van der Waals surface area contributed by atoms with Crippen LogP contribution in [0.5, 0.6) is 11.5 Å². The summed E-state index contributed by atoms with van der Waals surface area (Å²) in [4.78, 5) is 9.18. The van der Waals surface area contributed by atoms with Crippen molar-refractivity contribution in [3.63, 3.8) is 0 Å². The van der Waals surface area contributed by atoms with Gasteiger partial charge in [0.25, 0.3) is 0 Å². The molecule has 6 aromatic carbocycles.